The molecule has 1 heterocycles. The molecule has 1 aromatic rings. The maximum absolute atomic E-state index is 12.5. The number of hydrogen-bond donors (Lipinski definition) is 4. The van der Waals surface area contributed by atoms with Crippen LogP contribution in [0.25, 0.3) is 0 Å². The molecule has 0 radical (unpaired) electrons. The van der Waals surface area contributed by atoms with Gasteiger partial charge in [-0.3, -0.25) is 15.0 Å². The molecule has 1 saturated heterocycles. The minimum atomic E-state index is -1.21. The van der Waals surface area contributed by atoms with Gasteiger partial charge in [0, 0.05) is 36.6 Å². The number of rotatable bonds is 7. The minimum Gasteiger partial charge on any atom is -0.480 e. The van der Waals surface area contributed by atoms with E-state index in [0.29, 0.717) is 24.2 Å². The van der Waals surface area contributed by atoms with Gasteiger partial charge in [-0.2, -0.15) is 0 Å². The second-order valence-electron chi connectivity index (χ2n) is 6.01. The van der Waals surface area contributed by atoms with Crippen molar-refractivity contribution in [2.24, 2.45) is 11.7 Å². The number of carboxylic acid groups (broad SMARTS) is 1. The SMILES string of the molecule is C#CC[C@H](NC(=O)CC1CCN(c2ccc(C(=N)N)cc2)C1=O)C(=O)O. The molecule has 0 bridgehead atoms. The Kier molecular flexibility index (Phi) is 5.96. The molecule has 5 N–H and O–H groups in total. The number of amides is 2. The van der Waals surface area contributed by atoms with E-state index < -0.39 is 23.8 Å². The van der Waals surface area contributed by atoms with Crippen LogP contribution in [0.5, 0.6) is 0 Å². The third-order valence-electron chi connectivity index (χ3n) is 4.19. The number of nitrogen functional groups attached to an aromatic ring is 1. The van der Waals surface area contributed by atoms with Gasteiger partial charge in [0.25, 0.3) is 0 Å². The van der Waals surface area contributed by atoms with Crippen molar-refractivity contribution in [3.05, 3.63) is 29.8 Å². The van der Waals surface area contributed by atoms with E-state index in [2.05, 4.69) is 11.2 Å². The van der Waals surface area contributed by atoms with Crippen LogP contribution in [0.3, 0.4) is 0 Å². The van der Waals surface area contributed by atoms with E-state index in [1.165, 1.54) is 0 Å². The number of nitrogens with one attached hydrogen (secondary N) is 2. The van der Waals surface area contributed by atoms with Gasteiger partial charge in [0.2, 0.25) is 11.8 Å². The fourth-order valence-corrected chi connectivity index (χ4v) is 2.80. The van der Waals surface area contributed by atoms with Crippen LogP contribution in [0, 0.1) is 23.7 Å². The van der Waals surface area contributed by atoms with Gasteiger partial charge in [-0.25, -0.2) is 4.79 Å². The Labute approximate surface area is 150 Å². The van der Waals surface area contributed by atoms with Crippen LogP contribution in [0.15, 0.2) is 24.3 Å². The zero-order valence-electron chi connectivity index (χ0n) is 14.1. The van der Waals surface area contributed by atoms with Gasteiger partial charge in [0.05, 0.1) is 0 Å². The van der Waals surface area contributed by atoms with Gasteiger partial charge >= 0.3 is 5.97 Å². The van der Waals surface area contributed by atoms with Crippen LogP contribution in [0.4, 0.5) is 5.69 Å². The van der Waals surface area contributed by atoms with E-state index >= 15 is 0 Å². The van der Waals surface area contributed by atoms with Crippen molar-refractivity contribution in [2.75, 3.05) is 11.4 Å². The smallest absolute Gasteiger partial charge is 0.327 e. The highest BCUT2D eigenvalue weighted by Crippen LogP contribution is 2.27. The number of terminal acetylenes is 1. The molecule has 0 saturated carbocycles. The van der Waals surface area contributed by atoms with Crippen LogP contribution in [-0.4, -0.2) is 41.3 Å². The summed E-state index contributed by atoms with van der Waals surface area (Å²) in [5.74, 6) is -0.281. The van der Waals surface area contributed by atoms with Gasteiger partial charge in [-0.15, -0.1) is 12.3 Å². The predicted molar refractivity (Wildman–Crippen MR) is 95.6 cm³/mol. The topological polar surface area (TPSA) is 137 Å². The fourth-order valence-electron chi connectivity index (χ4n) is 2.80. The molecular formula is C18H20N4O4. The molecule has 0 aliphatic carbocycles. The fraction of sp³-hybridized carbons (Fsp3) is 0.333. The number of hydrogen-bond acceptors (Lipinski definition) is 4. The Balaban J connectivity index is 1.98. The second kappa shape index (κ2) is 8.16. The molecule has 1 unspecified atom stereocenters. The molecule has 26 heavy (non-hydrogen) atoms. The lowest BCUT2D eigenvalue weighted by molar-refractivity contribution is -0.141. The van der Waals surface area contributed by atoms with E-state index in [-0.39, 0.29) is 24.6 Å². The number of carboxylic acids is 1. The average molecular weight is 356 g/mol. The van der Waals surface area contributed by atoms with E-state index in [1.807, 2.05) is 0 Å². The standard InChI is InChI=1S/C18H20N4O4/c1-2-3-14(18(25)26)21-15(23)10-12-8-9-22(17(12)24)13-6-4-11(5-7-13)16(19)20/h1,4-7,12,14H,3,8-10H2,(H3,19,20)(H,21,23)(H,25,26)/t12?,14-/m0/s1. The van der Waals surface area contributed by atoms with Crippen LogP contribution in [0.2, 0.25) is 0 Å². The lowest BCUT2D eigenvalue weighted by Gasteiger charge is -2.17. The normalized spacial score (nSPS) is 17.4. The number of carbonyl (C=O) groups excluding carboxylic acids is 2. The van der Waals surface area contributed by atoms with Crippen LogP contribution in [-0.2, 0) is 14.4 Å². The first-order valence-corrected chi connectivity index (χ1v) is 8.05. The second-order valence-corrected chi connectivity index (χ2v) is 6.01. The molecule has 2 amide bonds. The number of benzene rings is 1. The molecule has 8 nitrogen and oxygen atoms in total. The summed E-state index contributed by atoms with van der Waals surface area (Å²) in [6.45, 7) is 0.461. The highest BCUT2D eigenvalue weighted by Gasteiger charge is 2.34. The van der Waals surface area contributed by atoms with Crippen molar-refractivity contribution in [3.8, 4) is 12.3 Å². The molecule has 1 aromatic carbocycles. The number of anilines is 1. The Hall–Kier alpha value is -3.34. The predicted octanol–water partition coefficient (Wildman–Crippen LogP) is 0.306. The van der Waals surface area contributed by atoms with Crippen molar-refractivity contribution in [2.45, 2.75) is 25.3 Å². The average Bonchev–Trinajstić information content (AvgIpc) is 2.95. The first-order valence-electron chi connectivity index (χ1n) is 8.05. The van der Waals surface area contributed by atoms with Crippen LogP contribution >= 0.6 is 0 Å². The van der Waals surface area contributed by atoms with E-state index in [1.54, 1.807) is 29.2 Å². The summed E-state index contributed by atoms with van der Waals surface area (Å²) in [7, 11) is 0. The molecule has 8 heteroatoms. The van der Waals surface area contributed by atoms with Crippen molar-refractivity contribution < 1.29 is 19.5 Å². The molecule has 1 fully saturated rings. The summed E-state index contributed by atoms with van der Waals surface area (Å²) in [5, 5.41) is 18.7. The summed E-state index contributed by atoms with van der Waals surface area (Å²) < 4.78 is 0. The maximum Gasteiger partial charge on any atom is 0.327 e. The molecular weight excluding hydrogens is 336 g/mol. The quantitative estimate of drug-likeness (QED) is 0.316. The summed E-state index contributed by atoms with van der Waals surface area (Å²) in [6.07, 6.45) is 5.38. The molecule has 0 spiro atoms. The Bertz CT molecular complexity index is 766. The van der Waals surface area contributed by atoms with E-state index in [4.69, 9.17) is 22.7 Å². The van der Waals surface area contributed by atoms with Crippen LogP contribution in [0.1, 0.15) is 24.8 Å². The molecule has 136 valence electrons. The molecule has 0 aromatic heterocycles. The monoisotopic (exact) mass is 356 g/mol. The molecule has 1 aliphatic rings. The number of nitrogens with two attached hydrogens (primary N) is 1. The van der Waals surface area contributed by atoms with Crippen molar-refractivity contribution in [1.29, 1.82) is 5.41 Å². The zero-order chi connectivity index (χ0) is 19.3. The number of amidine groups is 1. The van der Waals surface area contributed by atoms with Gasteiger partial charge in [0.15, 0.2) is 0 Å². The first kappa shape index (κ1) is 19.0. The minimum absolute atomic E-state index is 0.0567. The highest BCUT2D eigenvalue weighted by atomic mass is 16.4. The molecule has 1 aliphatic heterocycles. The highest BCUT2D eigenvalue weighted by molar-refractivity contribution is 6.00. The summed E-state index contributed by atoms with van der Waals surface area (Å²) in [4.78, 5) is 37.2. The van der Waals surface area contributed by atoms with Crippen molar-refractivity contribution in [3.63, 3.8) is 0 Å². The van der Waals surface area contributed by atoms with E-state index in [0.717, 1.165) is 0 Å². The Morgan fingerprint density at radius 2 is 2.08 bits per heavy atom. The number of aliphatic carboxylic acids is 1. The third kappa shape index (κ3) is 4.39. The zero-order valence-corrected chi connectivity index (χ0v) is 14.1. The Morgan fingerprint density at radius 3 is 2.62 bits per heavy atom. The van der Waals surface area contributed by atoms with Crippen molar-refractivity contribution in [1.82, 2.24) is 5.32 Å². The summed E-state index contributed by atoms with van der Waals surface area (Å²) in [6, 6.07) is 5.55. The lowest BCUT2D eigenvalue weighted by atomic mass is 10.0. The Morgan fingerprint density at radius 1 is 1.42 bits per heavy atom. The lowest BCUT2D eigenvalue weighted by Crippen LogP contribution is -2.41. The first-order chi connectivity index (χ1) is 12.3. The van der Waals surface area contributed by atoms with Gasteiger partial charge < -0.3 is 21.1 Å². The van der Waals surface area contributed by atoms with Gasteiger partial charge in [-0.05, 0) is 30.7 Å². The van der Waals surface area contributed by atoms with Crippen molar-refractivity contribution >= 4 is 29.3 Å². The summed E-state index contributed by atoms with van der Waals surface area (Å²) >= 11 is 0. The molecule has 2 atom stereocenters. The van der Waals surface area contributed by atoms with E-state index in [9.17, 15) is 14.4 Å². The largest absolute Gasteiger partial charge is 0.480 e. The number of carbonyl (C=O) groups is 3. The number of nitrogens with zero attached hydrogens (tertiary/aromatic N) is 1. The van der Waals surface area contributed by atoms with Gasteiger partial charge in [0.1, 0.15) is 11.9 Å². The van der Waals surface area contributed by atoms with Gasteiger partial charge in [-0.1, -0.05) is 0 Å². The summed E-state index contributed by atoms with van der Waals surface area (Å²) in [5.41, 5.74) is 6.63. The maximum atomic E-state index is 12.5. The molecule has 2 rings (SSSR count). The van der Waals surface area contributed by atoms with Crippen LogP contribution < -0.4 is 16.0 Å². The third-order valence-corrected chi connectivity index (χ3v) is 4.19.